The molecule has 0 amide bonds. The van der Waals surface area contributed by atoms with E-state index in [0.717, 1.165) is 24.5 Å². The first-order chi connectivity index (χ1) is 11.6. The van der Waals surface area contributed by atoms with Crippen molar-refractivity contribution in [1.82, 2.24) is 0 Å². The topological polar surface area (TPSA) is 43.4 Å². The molecule has 0 bridgehead atoms. The van der Waals surface area contributed by atoms with E-state index in [1.807, 2.05) is 6.92 Å². The molecule has 0 aliphatic heterocycles. The average Bonchev–Trinajstić information content (AvgIpc) is 2.52. The van der Waals surface area contributed by atoms with Crippen molar-refractivity contribution in [2.24, 2.45) is 0 Å². The molecule has 3 nitrogen and oxygen atoms in total. The molecule has 0 atom stereocenters. The molecule has 0 saturated heterocycles. The average molecular weight is 380 g/mol. The summed E-state index contributed by atoms with van der Waals surface area (Å²) >= 11 is 0. The van der Waals surface area contributed by atoms with Gasteiger partial charge in [-0.3, -0.25) is 0 Å². The predicted molar refractivity (Wildman–Crippen MR) is 81.4 cm³/mol. The zero-order valence-corrected chi connectivity index (χ0v) is 13.7. The summed E-state index contributed by atoms with van der Waals surface area (Å²) < 4.78 is 90.3. The van der Waals surface area contributed by atoms with Crippen molar-refractivity contribution < 1.29 is 34.6 Å². The van der Waals surface area contributed by atoms with E-state index in [0.29, 0.717) is 11.6 Å². The standard InChI is InChI=1S/C16H13F5O3S/c1-2-3-10-4-6-11(7-5-10)12-8-9-13(15(18)14(12)17)24-25(22,23)16(19,20)21/h4-9H,2-3H2,1H3. The first-order valence-electron chi connectivity index (χ1n) is 7.15. The van der Waals surface area contributed by atoms with Crippen LogP contribution >= 0.6 is 0 Å². The summed E-state index contributed by atoms with van der Waals surface area (Å²) in [7, 11) is -6.09. The van der Waals surface area contributed by atoms with Gasteiger partial charge in [0.2, 0.25) is 5.82 Å². The van der Waals surface area contributed by atoms with Crippen molar-refractivity contribution in [2.45, 2.75) is 25.3 Å². The van der Waals surface area contributed by atoms with Gasteiger partial charge in [-0.2, -0.15) is 26.0 Å². The lowest BCUT2D eigenvalue weighted by Crippen LogP contribution is -2.28. The molecule has 2 aromatic carbocycles. The Hall–Kier alpha value is -2.16. The summed E-state index contributed by atoms with van der Waals surface area (Å²) in [6.45, 7) is 1.98. The van der Waals surface area contributed by atoms with Gasteiger partial charge in [0.15, 0.2) is 11.6 Å². The molecule has 0 unspecified atom stereocenters. The van der Waals surface area contributed by atoms with Gasteiger partial charge in [0, 0.05) is 5.56 Å². The summed E-state index contributed by atoms with van der Waals surface area (Å²) in [5, 5.41) is 0. The van der Waals surface area contributed by atoms with Crippen molar-refractivity contribution in [3.8, 4) is 16.9 Å². The second-order valence-corrected chi connectivity index (χ2v) is 6.71. The normalized spacial score (nSPS) is 12.2. The van der Waals surface area contributed by atoms with Gasteiger partial charge >= 0.3 is 15.6 Å². The van der Waals surface area contributed by atoms with Gasteiger partial charge in [0.05, 0.1) is 0 Å². The third-order valence-corrected chi connectivity index (χ3v) is 4.30. The van der Waals surface area contributed by atoms with Crippen LogP contribution in [0.15, 0.2) is 36.4 Å². The predicted octanol–water partition coefficient (Wildman–Crippen LogP) is 4.81. The van der Waals surface area contributed by atoms with Crippen LogP contribution < -0.4 is 4.18 Å². The fraction of sp³-hybridized carbons (Fsp3) is 0.250. The molecule has 136 valence electrons. The highest BCUT2D eigenvalue weighted by molar-refractivity contribution is 7.88. The van der Waals surface area contributed by atoms with Crippen LogP contribution in [0.3, 0.4) is 0 Å². The van der Waals surface area contributed by atoms with Gasteiger partial charge in [-0.05, 0) is 29.7 Å². The molecule has 0 N–H and O–H groups in total. The van der Waals surface area contributed by atoms with E-state index >= 15 is 0 Å². The van der Waals surface area contributed by atoms with Crippen molar-refractivity contribution in [3.63, 3.8) is 0 Å². The number of hydrogen-bond donors (Lipinski definition) is 0. The molecule has 0 heterocycles. The van der Waals surface area contributed by atoms with Crippen LogP contribution in [-0.4, -0.2) is 13.9 Å². The highest BCUT2D eigenvalue weighted by atomic mass is 32.2. The summed E-state index contributed by atoms with van der Waals surface area (Å²) in [6, 6.07) is 8.10. The van der Waals surface area contributed by atoms with Crippen LogP contribution in [0.25, 0.3) is 11.1 Å². The highest BCUT2D eigenvalue weighted by Gasteiger charge is 2.49. The molecular weight excluding hydrogens is 367 g/mol. The minimum Gasteiger partial charge on any atom is -0.373 e. The molecule has 0 aliphatic rings. The van der Waals surface area contributed by atoms with Crippen LogP contribution in [0, 0.1) is 11.6 Å². The first kappa shape index (κ1) is 19.2. The minimum absolute atomic E-state index is 0.225. The quantitative estimate of drug-likeness (QED) is 0.425. The Balaban J connectivity index is 2.38. The molecule has 0 saturated carbocycles. The SMILES string of the molecule is CCCc1ccc(-c2ccc(OS(=O)(=O)C(F)(F)F)c(F)c2F)cc1. The van der Waals surface area contributed by atoms with Crippen LogP contribution in [0.2, 0.25) is 0 Å². The van der Waals surface area contributed by atoms with Crippen molar-refractivity contribution in [1.29, 1.82) is 0 Å². The van der Waals surface area contributed by atoms with Gasteiger partial charge in [0.1, 0.15) is 0 Å². The molecule has 0 fully saturated rings. The molecule has 0 radical (unpaired) electrons. The largest absolute Gasteiger partial charge is 0.534 e. The van der Waals surface area contributed by atoms with Crippen molar-refractivity contribution >= 4 is 10.1 Å². The smallest absolute Gasteiger partial charge is 0.373 e. The highest BCUT2D eigenvalue weighted by Crippen LogP contribution is 2.33. The molecule has 2 rings (SSSR count). The number of alkyl halides is 3. The van der Waals surface area contributed by atoms with Crippen LogP contribution in [-0.2, 0) is 16.5 Å². The molecule has 9 heteroatoms. The molecule has 0 aliphatic carbocycles. The van der Waals surface area contributed by atoms with Gasteiger partial charge < -0.3 is 4.18 Å². The van der Waals surface area contributed by atoms with Gasteiger partial charge in [-0.15, -0.1) is 0 Å². The van der Waals surface area contributed by atoms with E-state index < -0.39 is 33.0 Å². The monoisotopic (exact) mass is 380 g/mol. The number of aryl methyl sites for hydroxylation is 1. The summed E-state index contributed by atoms with van der Waals surface area (Å²) in [5.74, 6) is -4.68. The lowest BCUT2D eigenvalue weighted by Gasteiger charge is -2.12. The Bertz CT molecular complexity index is 859. The maximum atomic E-state index is 14.1. The van der Waals surface area contributed by atoms with Gasteiger partial charge in [-0.25, -0.2) is 4.39 Å². The van der Waals surface area contributed by atoms with Gasteiger partial charge in [0.25, 0.3) is 0 Å². The first-order valence-corrected chi connectivity index (χ1v) is 8.55. The zero-order chi connectivity index (χ0) is 18.8. The second-order valence-electron chi connectivity index (χ2n) is 5.17. The fourth-order valence-corrected chi connectivity index (χ4v) is 2.58. The van der Waals surface area contributed by atoms with Crippen LogP contribution in [0.5, 0.6) is 5.75 Å². The zero-order valence-electron chi connectivity index (χ0n) is 12.9. The maximum Gasteiger partial charge on any atom is 0.534 e. The molecule has 0 spiro atoms. The van der Waals surface area contributed by atoms with E-state index in [1.54, 1.807) is 12.1 Å². The molecule has 25 heavy (non-hydrogen) atoms. The van der Waals surface area contributed by atoms with Crippen molar-refractivity contribution in [2.75, 3.05) is 0 Å². The fourth-order valence-electron chi connectivity index (χ4n) is 2.12. The number of halogens is 5. The van der Waals surface area contributed by atoms with E-state index in [9.17, 15) is 30.4 Å². The van der Waals surface area contributed by atoms with E-state index in [2.05, 4.69) is 4.18 Å². The van der Waals surface area contributed by atoms with E-state index in [1.165, 1.54) is 12.1 Å². The lowest BCUT2D eigenvalue weighted by molar-refractivity contribution is -0.0501. The Morgan fingerprint density at radius 3 is 2.08 bits per heavy atom. The third kappa shape index (κ3) is 4.09. The minimum atomic E-state index is -6.09. The third-order valence-electron chi connectivity index (χ3n) is 3.33. The Labute approximate surface area is 141 Å². The molecule has 2 aromatic rings. The summed E-state index contributed by atoms with van der Waals surface area (Å²) in [6.07, 6.45) is 1.71. The summed E-state index contributed by atoms with van der Waals surface area (Å²) in [4.78, 5) is 0. The molecule has 0 aromatic heterocycles. The Kier molecular flexibility index (Phi) is 5.36. The second kappa shape index (κ2) is 6.99. The van der Waals surface area contributed by atoms with Crippen LogP contribution in [0.4, 0.5) is 22.0 Å². The maximum absolute atomic E-state index is 14.1. The summed E-state index contributed by atoms with van der Waals surface area (Å²) in [5.41, 5.74) is -4.69. The number of benzene rings is 2. The van der Waals surface area contributed by atoms with E-state index in [4.69, 9.17) is 0 Å². The van der Waals surface area contributed by atoms with Gasteiger partial charge in [-0.1, -0.05) is 37.6 Å². The Morgan fingerprint density at radius 2 is 1.56 bits per heavy atom. The van der Waals surface area contributed by atoms with Crippen LogP contribution in [0.1, 0.15) is 18.9 Å². The number of hydrogen-bond acceptors (Lipinski definition) is 3. The molecular formula is C16H13F5O3S. The lowest BCUT2D eigenvalue weighted by atomic mass is 10.0. The van der Waals surface area contributed by atoms with Crippen molar-refractivity contribution in [3.05, 3.63) is 53.6 Å². The Morgan fingerprint density at radius 1 is 0.960 bits per heavy atom. The van der Waals surface area contributed by atoms with E-state index in [-0.39, 0.29) is 5.56 Å². The number of rotatable bonds is 5.